The standard InChI is InChI=1S/C14H13F6N5/c15-13(16,17)9-3-4-21-12(24-9)22-5-8-1-2-11-23-10(14(18,19)20)7-25(11)6-8/h3-4,7-8H,1-2,5-6H2,(H,21,22,24)/t8-/m1/s1. The molecule has 1 aliphatic heterocycles. The second kappa shape index (κ2) is 6.19. The van der Waals surface area contributed by atoms with E-state index >= 15 is 0 Å². The molecule has 2 aromatic rings. The second-order valence-electron chi connectivity index (χ2n) is 5.74. The van der Waals surface area contributed by atoms with Gasteiger partial charge < -0.3 is 9.88 Å². The van der Waals surface area contributed by atoms with E-state index < -0.39 is 23.7 Å². The third kappa shape index (κ3) is 4.02. The molecule has 0 amide bonds. The van der Waals surface area contributed by atoms with E-state index in [-0.39, 0.29) is 18.4 Å². The Morgan fingerprint density at radius 1 is 1.08 bits per heavy atom. The molecular formula is C14H13F6N5. The first-order valence-electron chi connectivity index (χ1n) is 7.40. The molecule has 0 aliphatic carbocycles. The molecule has 0 radical (unpaired) electrons. The van der Waals surface area contributed by atoms with Gasteiger partial charge in [-0.05, 0) is 18.4 Å². The van der Waals surface area contributed by atoms with Crippen molar-refractivity contribution in [2.45, 2.75) is 31.7 Å². The van der Waals surface area contributed by atoms with Crippen molar-refractivity contribution in [3.05, 3.63) is 35.7 Å². The van der Waals surface area contributed by atoms with Crippen LogP contribution in [0.1, 0.15) is 23.6 Å². The maximum absolute atomic E-state index is 12.7. The van der Waals surface area contributed by atoms with E-state index in [9.17, 15) is 26.3 Å². The van der Waals surface area contributed by atoms with E-state index in [0.29, 0.717) is 25.2 Å². The number of aromatic nitrogens is 4. The molecule has 0 bridgehead atoms. The lowest BCUT2D eigenvalue weighted by atomic mass is 9.99. The molecular weight excluding hydrogens is 352 g/mol. The van der Waals surface area contributed by atoms with Crippen LogP contribution in [-0.4, -0.2) is 26.1 Å². The largest absolute Gasteiger partial charge is 0.434 e. The molecule has 25 heavy (non-hydrogen) atoms. The van der Waals surface area contributed by atoms with Gasteiger partial charge >= 0.3 is 12.4 Å². The number of imidazole rings is 1. The zero-order valence-corrected chi connectivity index (χ0v) is 12.7. The van der Waals surface area contributed by atoms with Crippen molar-refractivity contribution in [3.8, 4) is 0 Å². The molecule has 2 aromatic heterocycles. The molecule has 0 aromatic carbocycles. The van der Waals surface area contributed by atoms with Gasteiger partial charge in [0.25, 0.3) is 0 Å². The van der Waals surface area contributed by atoms with Crippen LogP contribution in [0, 0.1) is 5.92 Å². The van der Waals surface area contributed by atoms with Crippen LogP contribution in [0.4, 0.5) is 32.3 Å². The molecule has 1 atom stereocenters. The fourth-order valence-corrected chi connectivity index (χ4v) is 2.66. The molecule has 1 aliphatic rings. The summed E-state index contributed by atoms with van der Waals surface area (Å²) in [6, 6.07) is 0.766. The zero-order chi connectivity index (χ0) is 18.2. The molecule has 11 heteroatoms. The Morgan fingerprint density at radius 3 is 2.48 bits per heavy atom. The van der Waals surface area contributed by atoms with E-state index in [2.05, 4.69) is 20.3 Å². The Balaban J connectivity index is 1.63. The third-order valence-electron chi connectivity index (χ3n) is 3.88. The number of hydrogen-bond donors (Lipinski definition) is 1. The van der Waals surface area contributed by atoms with Gasteiger partial charge in [-0.25, -0.2) is 15.0 Å². The molecule has 1 N–H and O–H groups in total. The maximum Gasteiger partial charge on any atom is 0.434 e. The fourth-order valence-electron chi connectivity index (χ4n) is 2.66. The monoisotopic (exact) mass is 365 g/mol. The van der Waals surface area contributed by atoms with Gasteiger partial charge in [0.05, 0.1) is 0 Å². The first kappa shape index (κ1) is 17.5. The molecule has 0 saturated heterocycles. The van der Waals surface area contributed by atoms with Crippen LogP contribution < -0.4 is 5.32 Å². The molecule has 0 unspecified atom stereocenters. The van der Waals surface area contributed by atoms with Crippen LogP contribution in [0.5, 0.6) is 0 Å². The predicted molar refractivity (Wildman–Crippen MR) is 74.6 cm³/mol. The Kier molecular flexibility index (Phi) is 4.33. The molecule has 0 fully saturated rings. The van der Waals surface area contributed by atoms with Crippen LogP contribution in [0.25, 0.3) is 0 Å². The average molecular weight is 365 g/mol. The number of aryl methyl sites for hydroxylation is 1. The van der Waals surface area contributed by atoms with Crippen molar-refractivity contribution in [2.75, 3.05) is 11.9 Å². The summed E-state index contributed by atoms with van der Waals surface area (Å²) in [4.78, 5) is 10.7. The first-order chi connectivity index (χ1) is 11.6. The number of alkyl halides is 6. The van der Waals surface area contributed by atoms with Gasteiger partial charge in [0.15, 0.2) is 5.69 Å². The summed E-state index contributed by atoms with van der Waals surface area (Å²) < 4.78 is 77.3. The molecule has 5 nitrogen and oxygen atoms in total. The fraction of sp³-hybridized carbons (Fsp3) is 0.500. The summed E-state index contributed by atoms with van der Waals surface area (Å²) in [6.45, 7) is 0.546. The first-order valence-corrected chi connectivity index (χ1v) is 7.40. The highest BCUT2D eigenvalue weighted by atomic mass is 19.4. The molecule has 136 valence electrons. The summed E-state index contributed by atoms with van der Waals surface area (Å²) in [7, 11) is 0. The summed E-state index contributed by atoms with van der Waals surface area (Å²) in [5.74, 6) is 0.127. The van der Waals surface area contributed by atoms with Crippen molar-refractivity contribution >= 4 is 5.95 Å². The Labute approximate surface area is 138 Å². The van der Waals surface area contributed by atoms with Crippen LogP contribution in [0.15, 0.2) is 18.5 Å². The van der Waals surface area contributed by atoms with Gasteiger partial charge in [0.2, 0.25) is 5.95 Å². The van der Waals surface area contributed by atoms with Crippen molar-refractivity contribution in [1.29, 1.82) is 0 Å². The number of nitrogens with zero attached hydrogens (tertiary/aromatic N) is 4. The summed E-state index contributed by atoms with van der Waals surface area (Å²) >= 11 is 0. The number of nitrogens with one attached hydrogen (secondary N) is 1. The highest BCUT2D eigenvalue weighted by Crippen LogP contribution is 2.31. The number of hydrogen-bond acceptors (Lipinski definition) is 4. The molecule has 3 heterocycles. The van der Waals surface area contributed by atoms with Gasteiger partial charge in [-0.1, -0.05) is 0 Å². The van der Waals surface area contributed by atoms with Gasteiger partial charge in [-0.15, -0.1) is 0 Å². The molecule has 0 saturated carbocycles. The Morgan fingerprint density at radius 2 is 1.80 bits per heavy atom. The minimum Gasteiger partial charge on any atom is -0.354 e. The summed E-state index contributed by atoms with van der Waals surface area (Å²) in [5.41, 5.74) is -1.99. The topological polar surface area (TPSA) is 55.6 Å². The number of anilines is 1. The number of halogens is 6. The van der Waals surface area contributed by atoms with Crippen molar-refractivity contribution in [1.82, 2.24) is 19.5 Å². The van der Waals surface area contributed by atoms with Crippen LogP contribution >= 0.6 is 0 Å². The van der Waals surface area contributed by atoms with Gasteiger partial charge in [-0.3, -0.25) is 0 Å². The van der Waals surface area contributed by atoms with E-state index in [0.717, 1.165) is 18.5 Å². The second-order valence-corrected chi connectivity index (χ2v) is 5.74. The summed E-state index contributed by atoms with van der Waals surface area (Å²) in [6.07, 6.45) is -6.16. The number of rotatable bonds is 3. The van der Waals surface area contributed by atoms with E-state index in [1.165, 1.54) is 4.57 Å². The highest BCUT2D eigenvalue weighted by Gasteiger charge is 2.36. The normalized spacial score (nSPS) is 18.1. The lowest BCUT2D eigenvalue weighted by molar-refractivity contribution is -0.141. The van der Waals surface area contributed by atoms with Crippen molar-refractivity contribution < 1.29 is 26.3 Å². The predicted octanol–water partition coefficient (Wildman–Crippen LogP) is 3.39. The van der Waals surface area contributed by atoms with Gasteiger partial charge in [0, 0.05) is 31.9 Å². The van der Waals surface area contributed by atoms with Crippen LogP contribution in [0.2, 0.25) is 0 Å². The van der Waals surface area contributed by atoms with Gasteiger partial charge in [0.1, 0.15) is 11.5 Å². The van der Waals surface area contributed by atoms with Crippen LogP contribution in [-0.2, 0) is 25.3 Å². The van der Waals surface area contributed by atoms with Crippen molar-refractivity contribution in [2.24, 2.45) is 5.92 Å². The average Bonchev–Trinajstić information content (AvgIpc) is 2.96. The zero-order valence-electron chi connectivity index (χ0n) is 12.7. The maximum atomic E-state index is 12.7. The highest BCUT2D eigenvalue weighted by molar-refractivity contribution is 5.26. The quantitative estimate of drug-likeness (QED) is 0.848. The SMILES string of the molecule is FC(F)(F)c1ccnc(NC[C@H]2CCc3nc(C(F)(F)F)cn3C2)n1. The minimum atomic E-state index is -4.57. The van der Waals surface area contributed by atoms with E-state index in [4.69, 9.17) is 0 Å². The van der Waals surface area contributed by atoms with Crippen molar-refractivity contribution in [3.63, 3.8) is 0 Å². The minimum absolute atomic E-state index is 0.0686. The van der Waals surface area contributed by atoms with Crippen LogP contribution in [0.3, 0.4) is 0 Å². The Hall–Kier alpha value is -2.33. The smallest absolute Gasteiger partial charge is 0.354 e. The third-order valence-corrected chi connectivity index (χ3v) is 3.88. The molecule has 0 spiro atoms. The number of fused-ring (bicyclic) bond motifs is 1. The van der Waals surface area contributed by atoms with E-state index in [1.54, 1.807) is 0 Å². The lowest BCUT2D eigenvalue weighted by Crippen LogP contribution is -2.26. The van der Waals surface area contributed by atoms with Gasteiger partial charge in [-0.2, -0.15) is 26.3 Å². The van der Waals surface area contributed by atoms with E-state index in [1.807, 2.05) is 0 Å². The lowest BCUT2D eigenvalue weighted by Gasteiger charge is -2.23. The Bertz CT molecular complexity index is 751. The summed E-state index contributed by atoms with van der Waals surface area (Å²) in [5, 5.41) is 2.72. The molecule has 3 rings (SSSR count).